The summed E-state index contributed by atoms with van der Waals surface area (Å²) in [5.41, 5.74) is 0.911. The number of halogens is 1. The number of rotatable bonds is 4. The third-order valence-electron chi connectivity index (χ3n) is 5.96. The molecule has 0 atom stereocenters. The van der Waals surface area contributed by atoms with Crippen LogP contribution in [0.1, 0.15) is 30.1 Å². The Kier molecular flexibility index (Phi) is 5.72. The Morgan fingerprint density at radius 2 is 1.83 bits per heavy atom. The van der Waals surface area contributed by atoms with Crippen molar-refractivity contribution in [2.24, 2.45) is 0 Å². The molecule has 154 valence electrons. The highest BCUT2D eigenvalue weighted by Crippen LogP contribution is 2.35. The molecule has 2 aliphatic heterocycles. The van der Waals surface area contributed by atoms with Crippen LogP contribution < -0.4 is 9.64 Å². The third-order valence-corrected chi connectivity index (χ3v) is 5.96. The van der Waals surface area contributed by atoms with Gasteiger partial charge in [-0.15, -0.1) is 0 Å². The Labute approximate surface area is 171 Å². The smallest absolute Gasteiger partial charge is 0.257 e. The molecule has 0 unspecified atom stereocenters. The second-order valence-electron chi connectivity index (χ2n) is 7.63. The molecular formula is C23H27FN2O3. The molecule has 2 aromatic rings. The van der Waals surface area contributed by atoms with Gasteiger partial charge in [-0.25, -0.2) is 4.39 Å². The first-order valence-corrected chi connectivity index (χ1v) is 10.2. The Morgan fingerprint density at radius 1 is 1.10 bits per heavy atom. The number of piperidine rings is 1. The maximum absolute atomic E-state index is 14.2. The fourth-order valence-corrected chi connectivity index (χ4v) is 4.35. The van der Waals surface area contributed by atoms with Crippen LogP contribution in [-0.2, 0) is 4.74 Å². The van der Waals surface area contributed by atoms with Gasteiger partial charge < -0.3 is 19.3 Å². The predicted octanol–water partition coefficient (Wildman–Crippen LogP) is 3.74. The highest BCUT2D eigenvalue weighted by molar-refractivity contribution is 5.95. The van der Waals surface area contributed by atoms with Crippen molar-refractivity contribution in [3.63, 3.8) is 0 Å². The first-order valence-electron chi connectivity index (χ1n) is 10.2. The first kappa shape index (κ1) is 19.7. The molecule has 2 heterocycles. The van der Waals surface area contributed by atoms with E-state index in [1.165, 1.54) is 6.07 Å². The largest absolute Gasteiger partial charge is 0.494 e. The van der Waals surface area contributed by atoms with Crippen molar-refractivity contribution in [1.29, 1.82) is 0 Å². The van der Waals surface area contributed by atoms with Crippen LogP contribution in [0.5, 0.6) is 5.75 Å². The number of carbonyl (C=O) groups is 1. The van der Waals surface area contributed by atoms with Gasteiger partial charge >= 0.3 is 0 Å². The number of benzene rings is 2. The molecule has 29 heavy (non-hydrogen) atoms. The molecule has 2 saturated heterocycles. The van der Waals surface area contributed by atoms with Crippen LogP contribution in [-0.4, -0.2) is 55.8 Å². The number of hydrogen-bond donors (Lipinski definition) is 0. The van der Waals surface area contributed by atoms with E-state index in [9.17, 15) is 9.18 Å². The molecule has 2 aromatic carbocycles. The minimum atomic E-state index is -0.467. The standard InChI is InChI=1S/C23H27FN2O3/c1-2-29-19-9-7-18(8-10-19)25-13-11-23(12-14-25)17-28-16-15-26(23)22(27)20-5-3-4-6-21(20)24/h3-10H,2,11-17H2,1H3. The van der Waals surface area contributed by atoms with E-state index in [4.69, 9.17) is 9.47 Å². The summed E-state index contributed by atoms with van der Waals surface area (Å²) in [6.45, 7) is 5.75. The number of anilines is 1. The van der Waals surface area contributed by atoms with E-state index >= 15 is 0 Å². The molecule has 0 saturated carbocycles. The highest BCUT2D eigenvalue weighted by Gasteiger charge is 2.45. The summed E-state index contributed by atoms with van der Waals surface area (Å²) in [5, 5.41) is 0. The summed E-state index contributed by atoms with van der Waals surface area (Å²) in [4.78, 5) is 17.3. The lowest BCUT2D eigenvalue weighted by Crippen LogP contribution is -2.63. The lowest BCUT2D eigenvalue weighted by atomic mass is 9.84. The lowest BCUT2D eigenvalue weighted by Gasteiger charge is -2.51. The van der Waals surface area contributed by atoms with Gasteiger partial charge in [0.2, 0.25) is 0 Å². The van der Waals surface area contributed by atoms with E-state index in [1.54, 1.807) is 18.2 Å². The summed E-state index contributed by atoms with van der Waals surface area (Å²) in [7, 11) is 0. The van der Waals surface area contributed by atoms with Crippen molar-refractivity contribution in [2.45, 2.75) is 25.3 Å². The summed E-state index contributed by atoms with van der Waals surface area (Å²) in [6.07, 6.45) is 1.58. The number of nitrogens with zero attached hydrogens (tertiary/aromatic N) is 2. The highest BCUT2D eigenvalue weighted by atomic mass is 19.1. The van der Waals surface area contributed by atoms with Crippen molar-refractivity contribution < 1.29 is 18.7 Å². The zero-order valence-corrected chi connectivity index (χ0v) is 16.8. The van der Waals surface area contributed by atoms with Gasteiger partial charge in [0.15, 0.2) is 0 Å². The van der Waals surface area contributed by atoms with Crippen LogP contribution in [0.4, 0.5) is 10.1 Å². The number of morpholine rings is 1. The van der Waals surface area contributed by atoms with Gasteiger partial charge in [0.1, 0.15) is 11.6 Å². The first-order chi connectivity index (χ1) is 14.1. The van der Waals surface area contributed by atoms with Gasteiger partial charge in [-0.1, -0.05) is 12.1 Å². The molecule has 6 heteroatoms. The monoisotopic (exact) mass is 398 g/mol. The second kappa shape index (κ2) is 8.41. The maximum atomic E-state index is 14.2. The average Bonchev–Trinajstić information content (AvgIpc) is 2.75. The van der Waals surface area contributed by atoms with Crippen molar-refractivity contribution in [3.8, 4) is 5.75 Å². The van der Waals surface area contributed by atoms with E-state index in [0.717, 1.165) is 37.4 Å². The summed E-state index contributed by atoms with van der Waals surface area (Å²) >= 11 is 0. The predicted molar refractivity (Wildman–Crippen MR) is 110 cm³/mol. The minimum absolute atomic E-state index is 0.141. The molecule has 4 rings (SSSR count). The lowest BCUT2D eigenvalue weighted by molar-refractivity contribution is -0.0631. The van der Waals surface area contributed by atoms with Crippen LogP contribution in [0.15, 0.2) is 48.5 Å². The van der Waals surface area contributed by atoms with Crippen LogP contribution in [0, 0.1) is 5.82 Å². The fraction of sp³-hybridized carbons (Fsp3) is 0.435. The third kappa shape index (κ3) is 3.94. The Hall–Kier alpha value is -2.60. The Balaban J connectivity index is 1.49. The van der Waals surface area contributed by atoms with Gasteiger partial charge in [0, 0.05) is 25.3 Å². The van der Waals surface area contributed by atoms with Gasteiger partial charge in [-0.3, -0.25) is 4.79 Å². The average molecular weight is 398 g/mol. The van der Waals surface area contributed by atoms with E-state index in [2.05, 4.69) is 17.0 Å². The number of ether oxygens (including phenoxy) is 2. The maximum Gasteiger partial charge on any atom is 0.257 e. The molecule has 0 radical (unpaired) electrons. The Bertz CT molecular complexity index is 847. The molecule has 0 aromatic heterocycles. The summed E-state index contributed by atoms with van der Waals surface area (Å²) in [5.74, 6) is 0.166. The van der Waals surface area contributed by atoms with E-state index in [1.807, 2.05) is 24.0 Å². The van der Waals surface area contributed by atoms with E-state index in [-0.39, 0.29) is 17.0 Å². The van der Waals surface area contributed by atoms with Crippen LogP contribution in [0.2, 0.25) is 0 Å². The van der Waals surface area contributed by atoms with Crippen molar-refractivity contribution in [3.05, 3.63) is 59.9 Å². The van der Waals surface area contributed by atoms with Crippen molar-refractivity contribution in [1.82, 2.24) is 4.90 Å². The van der Waals surface area contributed by atoms with Crippen LogP contribution in [0.3, 0.4) is 0 Å². The molecule has 1 amide bonds. The van der Waals surface area contributed by atoms with Gasteiger partial charge in [-0.2, -0.15) is 0 Å². The SMILES string of the molecule is CCOc1ccc(N2CCC3(CC2)COCCN3C(=O)c2ccccc2F)cc1. The molecule has 5 nitrogen and oxygen atoms in total. The van der Waals surface area contributed by atoms with Crippen molar-refractivity contribution in [2.75, 3.05) is 44.4 Å². The van der Waals surface area contributed by atoms with E-state index < -0.39 is 5.82 Å². The van der Waals surface area contributed by atoms with Gasteiger partial charge in [0.05, 0.1) is 30.9 Å². The number of hydrogen-bond acceptors (Lipinski definition) is 4. The molecule has 2 aliphatic rings. The van der Waals surface area contributed by atoms with Crippen LogP contribution in [0.25, 0.3) is 0 Å². The summed E-state index contributed by atoms with van der Waals surface area (Å²) < 4.78 is 25.5. The topological polar surface area (TPSA) is 42.0 Å². The van der Waals surface area contributed by atoms with E-state index in [0.29, 0.717) is 26.4 Å². The summed E-state index contributed by atoms with van der Waals surface area (Å²) in [6, 6.07) is 14.3. The normalized spacial score (nSPS) is 18.7. The van der Waals surface area contributed by atoms with Crippen LogP contribution >= 0.6 is 0 Å². The fourth-order valence-electron chi connectivity index (χ4n) is 4.35. The zero-order chi connectivity index (χ0) is 20.3. The number of carbonyl (C=O) groups excluding carboxylic acids is 1. The molecule has 1 spiro atoms. The Morgan fingerprint density at radius 3 is 2.52 bits per heavy atom. The molecule has 0 N–H and O–H groups in total. The minimum Gasteiger partial charge on any atom is -0.494 e. The second-order valence-corrected chi connectivity index (χ2v) is 7.63. The molecule has 2 fully saturated rings. The van der Waals surface area contributed by atoms with Gasteiger partial charge in [0.25, 0.3) is 5.91 Å². The van der Waals surface area contributed by atoms with Crippen molar-refractivity contribution >= 4 is 11.6 Å². The van der Waals surface area contributed by atoms with Gasteiger partial charge in [-0.05, 0) is 56.2 Å². The quantitative estimate of drug-likeness (QED) is 0.787. The number of amides is 1. The zero-order valence-electron chi connectivity index (χ0n) is 16.8. The molecule has 0 bridgehead atoms. The molecule has 0 aliphatic carbocycles. The molecular weight excluding hydrogens is 371 g/mol.